The number of amides is 1. The summed E-state index contributed by atoms with van der Waals surface area (Å²) in [5, 5.41) is 7.56. The first-order valence-corrected chi connectivity index (χ1v) is 9.03. The number of hydrogen-bond acceptors (Lipinski definition) is 6. The summed E-state index contributed by atoms with van der Waals surface area (Å²) >= 11 is 1.46. The van der Waals surface area contributed by atoms with Gasteiger partial charge in [0.2, 0.25) is 0 Å². The van der Waals surface area contributed by atoms with E-state index in [0.29, 0.717) is 22.9 Å². The fourth-order valence-corrected chi connectivity index (χ4v) is 3.03. The lowest BCUT2D eigenvalue weighted by Gasteiger charge is -2.26. The van der Waals surface area contributed by atoms with Crippen LogP contribution in [0.25, 0.3) is 0 Å². The molecule has 0 radical (unpaired) electrons. The van der Waals surface area contributed by atoms with Crippen LogP contribution < -0.4 is 11.1 Å². The molecule has 26 heavy (non-hydrogen) atoms. The quantitative estimate of drug-likeness (QED) is 0.631. The highest BCUT2D eigenvalue weighted by atomic mass is 35.5. The lowest BCUT2D eigenvalue weighted by atomic mass is 9.94. The zero-order valence-corrected chi connectivity index (χ0v) is 17.6. The van der Waals surface area contributed by atoms with Crippen molar-refractivity contribution in [2.24, 2.45) is 5.73 Å². The molecule has 0 saturated heterocycles. The first-order chi connectivity index (χ1) is 11.5. The van der Waals surface area contributed by atoms with E-state index in [0.717, 1.165) is 24.3 Å². The number of nitrogens with zero attached hydrogens (tertiary/aromatic N) is 2. The number of halogens is 2. The van der Waals surface area contributed by atoms with Crippen LogP contribution in [0.5, 0.6) is 0 Å². The van der Waals surface area contributed by atoms with Gasteiger partial charge in [0.1, 0.15) is 10.8 Å². The lowest BCUT2D eigenvalue weighted by molar-refractivity contribution is 0.0938. The van der Waals surface area contributed by atoms with Crippen LogP contribution in [-0.4, -0.2) is 28.1 Å². The van der Waals surface area contributed by atoms with Crippen molar-refractivity contribution in [3.05, 3.63) is 41.4 Å². The summed E-state index contributed by atoms with van der Waals surface area (Å²) in [7, 11) is 0. The molecule has 3 N–H and O–H groups in total. The molecule has 0 aliphatic rings. The van der Waals surface area contributed by atoms with E-state index >= 15 is 0 Å². The van der Waals surface area contributed by atoms with Crippen molar-refractivity contribution in [1.29, 1.82) is 0 Å². The number of nitrogens with two attached hydrogens (primary N) is 1. The summed E-state index contributed by atoms with van der Waals surface area (Å²) in [4.78, 5) is 16.8. The van der Waals surface area contributed by atoms with Gasteiger partial charge in [-0.3, -0.25) is 4.79 Å². The molecule has 1 amide bonds. The SMILES string of the molecule is CCC(N)(CC)CNC(=O)c1cccnc1SCc1cc(C)on1.Cl.Cl. The van der Waals surface area contributed by atoms with E-state index in [1.807, 2.05) is 26.8 Å². The van der Waals surface area contributed by atoms with Gasteiger partial charge in [-0.05, 0) is 31.9 Å². The van der Waals surface area contributed by atoms with Crippen LogP contribution >= 0.6 is 36.6 Å². The van der Waals surface area contributed by atoms with Gasteiger partial charge in [0, 0.05) is 30.1 Å². The second kappa shape index (κ2) is 11.4. The largest absolute Gasteiger partial charge is 0.361 e. The Kier molecular flexibility index (Phi) is 10.9. The van der Waals surface area contributed by atoms with Gasteiger partial charge in [0.25, 0.3) is 5.91 Å². The molecule has 2 aromatic rings. The molecule has 0 spiro atoms. The summed E-state index contributed by atoms with van der Waals surface area (Å²) in [6.45, 7) is 6.35. The molecule has 0 saturated carbocycles. The molecule has 2 rings (SSSR count). The molecule has 0 aromatic carbocycles. The number of thioether (sulfide) groups is 1. The molecule has 0 aliphatic heterocycles. The highest BCUT2D eigenvalue weighted by molar-refractivity contribution is 7.98. The Hall–Kier alpha value is -1.28. The van der Waals surface area contributed by atoms with E-state index in [9.17, 15) is 4.79 Å². The van der Waals surface area contributed by atoms with Crippen LogP contribution in [0.1, 0.15) is 48.5 Å². The third kappa shape index (κ3) is 6.79. The first kappa shape index (κ1) is 24.7. The molecule has 0 fully saturated rings. The maximum atomic E-state index is 12.5. The predicted octanol–water partition coefficient (Wildman–Crippen LogP) is 3.76. The second-order valence-electron chi connectivity index (χ2n) is 5.83. The fourth-order valence-electron chi connectivity index (χ4n) is 2.16. The van der Waals surface area contributed by atoms with Crippen molar-refractivity contribution >= 4 is 42.5 Å². The van der Waals surface area contributed by atoms with Crippen molar-refractivity contribution in [2.45, 2.75) is 49.9 Å². The Balaban J connectivity index is 0.00000312. The number of pyridine rings is 1. The van der Waals surface area contributed by atoms with Gasteiger partial charge in [-0.15, -0.1) is 24.8 Å². The Bertz CT molecular complexity index is 693. The van der Waals surface area contributed by atoms with Gasteiger partial charge in [-0.1, -0.05) is 30.8 Å². The van der Waals surface area contributed by atoms with Gasteiger partial charge in [-0.2, -0.15) is 0 Å². The van der Waals surface area contributed by atoms with Crippen LogP contribution in [0.3, 0.4) is 0 Å². The van der Waals surface area contributed by atoms with Crippen LogP contribution in [0.2, 0.25) is 0 Å². The number of carbonyl (C=O) groups excluding carboxylic acids is 1. The maximum Gasteiger partial charge on any atom is 0.254 e. The zero-order chi connectivity index (χ0) is 17.6. The van der Waals surface area contributed by atoms with E-state index < -0.39 is 0 Å². The van der Waals surface area contributed by atoms with Crippen molar-refractivity contribution < 1.29 is 9.32 Å². The maximum absolute atomic E-state index is 12.5. The van der Waals surface area contributed by atoms with E-state index in [1.54, 1.807) is 18.3 Å². The average molecular weight is 421 g/mol. The van der Waals surface area contributed by atoms with Crippen LogP contribution in [-0.2, 0) is 5.75 Å². The Labute approximate surface area is 170 Å². The van der Waals surface area contributed by atoms with Gasteiger partial charge >= 0.3 is 0 Å². The van der Waals surface area contributed by atoms with Crippen molar-refractivity contribution in [1.82, 2.24) is 15.5 Å². The van der Waals surface area contributed by atoms with Gasteiger partial charge in [0.05, 0.1) is 11.3 Å². The molecule has 146 valence electrons. The highest BCUT2D eigenvalue weighted by Gasteiger charge is 2.22. The van der Waals surface area contributed by atoms with Crippen molar-refractivity contribution in [3.8, 4) is 0 Å². The monoisotopic (exact) mass is 420 g/mol. The van der Waals surface area contributed by atoms with E-state index in [-0.39, 0.29) is 36.3 Å². The molecule has 0 unspecified atom stereocenters. The number of aryl methyl sites for hydroxylation is 1. The Morgan fingerprint density at radius 1 is 1.35 bits per heavy atom. The fraction of sp³-hybridized carbons (Fsp3) is 0.471. The Morgan fingerprint density at radius 2 is 2.04 bits per heavy atom. The number of aromatic nitrogens is 2. The molecule has 0 aliphatic carbocycles. The number of carbonyl (C=O) groups is 1. The van der Waals surface area contributed by atoms with E-state index in [4.69, 9.17) is 10.3 Å². The molecular weight excluding hydrogens is 395 g/mol. The average Bonchev–Trinajstić information content (AvgIpc) is 3.03. The molecule has 6 nitrogen and oxygen atoms in total. The minimum Gasteiger partial charge on any atom is -0.361 e. The van der Waals surface area contributed by atoms with Crippen LogP contribution in [0, 0.1) is 6.92 Å². The summed E-state index contributed by atoms with van der Waals surface area (Å²) in [5.74, 6) is 1.21. The minimum atomic E-state index is -0.372. The molecular formula is C17H26Cl2N4O2S. The molecule has 0 bridgehead atoms. The molecule has 0 atom stereocenters. The zero-order valence-electron chi connectivity index (χ0n) is 15.2. The van der Waals surface area contributed by atoms with Gasteiger partial charge in [0.15, 0.2) is 0 Å². The summed E-state index contributed by atoms with van der Waals surface area (Å²) in [6.07, 6.45) is 3.30. The smallest absolute Gasteiger partial charge is 0.254 e. The lowest BCUT2D eigenvalue weighted by Crippen LogP contribution is -2.49. The molecule has 9 heteroatoms. The van der Waals surface area contributed by atoms with Crippen LogP contribution in [0.4, 0.5) is 0 Å². The second-order valence-corrected chi connectivity index (χ2v) is 6.79. The van der Waals surface area contributed by atoms with Crippen molar-refractivity contribution in [3.63, 3.8) is 0 Å². The number of rotatable bonds is 8. The molecule has 2 aromatic heterocycles. The summed E-state index contributed by atoms with van der Waals surface area (Å²) in [6, 6.07) is 5.41. The summed E-state index contributed by atoms with van der Waals surface area (Å²) < 4.78 is 5.05. The Morgan fingerprint density at radius 3 is 2.62 bits per heavy atom. The summed E-state index contributed by atoms with van der Waals surface area (Å²) in [5.41, 5.74) is 7.25. The van der Waals surface area contributed by atoms with Gasteiger partial charge < -0.3 is 15.6 Å². The van der Waals surface area contributed by atoms with E-state index in [1.165, 1.54) is 11.8 Å². The normalized spacial score (nSPS) is 10.6. The minimum absolute atomic E-state index is 0. The number of hydrogen-bond donors (Lipinski definition) is 2. The highest BCUT2D eigenvalue weighted by Crippen LogP contribution is 2.24. The third-order valence-corrected chi connectivity index (χ3v) is 5.10. The number of nitrogens with one attached hydrogen (secondary N) is 1. The van der Waals surface area contributed by atoms with Crippen molar-refractivity contribution in [2.75, 3.05) is 6.54 Å². The first-order valence-electron chi connectivity index (χ1n) is 8.04. The van der Waals surface area contributed by atoms with Crippen LogP contribution in [0.15, 0.2) is 33.9 Å². The molecule has 2 heterocycles. The van der Waals surface area contributed by atoms with Gasteiger partial charge in [-0.25, -0.2) is 4.98 Å². The predicted molar refractivity (Wildman–Crippen MR) is 109 cm³/mol. The topological polar surface area (TPSA) is 94.0 Å². The third-order valence-electron chi connectivity index (χ3n) is 4.06. The van der Waals surface area contributed by atoms with E-state index in [2.05, 4.69) is 15.5 Å². The standard InChI is InChI=1S/C17H24N4O2S.2ClH/c1-4-17(18,5-2)11-20-15(22)14-7-6-8-19-16(14)24-10-13-9-12(3)23-21-13;;/h6-9H,4-5,10-11,18H2,1-3H3,(H,20,22);2*1H.